The van der Waals surface area contributed by atoms with Gasteiger partial charge in [-0.25, -0.2) is 9.59 Å². The minimum absolute atomic E-state index is 0.205. The predicted molar refractivity (Wildman–Crippen MR) is 67.3 cm³/mol. The van der Waals surface area contributed by atoms with E-state index in [0.29, 0.717) is 31.3 Å². The van der Waals surface area contributed by atoms with Crippen LogP contribution in [0.1, 0.15) is 39.0 Å². The number of nitrogens with one attached hydrogen (secondary N) is 1. The molecule has 1 heterocycles. The molecule has 0 aromatic carbocycles. The zero-order chi connectivity index (χ0) is 13.1. The van der Waals surface area contributed by atoms with Crippen molar-refractivity contribution in [2.45, 2.75) is 45.1 Å². The molecule has 18 heavy (non-hydrogen) atoms. The van der Waals surface area contributed by atoms with Gasteiger partial charge in [0.15, 0.2) is 0 Å². The topological polar surface area (TPSA) is 69.6 Å². The molecule has 2 aliphatic rings. The third-order valence-corrected chi connectivity index (χ3v) is 4.07. The van der Waals surface area contributed by atoms with Crippen LogP contribution < -0.4 is 5.32 Å². The van der Waals surface area contributed by atoms with E-state index in [1.165, 1.54) is 17.7 Å². The quantitative estimate of drug-likeness (QED) is 0.802. The number of carboxylic acids is 1. The maximum absolute atomic E-state index is 12.0. The summed E-state index contributed by atoms with van der Waals surface area (Å²) in [5, 5.41) is 12.1. The van der Waals surface area contributed by atoms with Crippen molar-refractivity contribution in [2.75, 3.05) is 13.1 Å². The van der Waals surface area contributed by atoms with Crippen LogP contribution in [0.3, 0.4) is 0 Å². The van der Waals surface area contributed by atoms with Crippen LogP contribution >= 0.6 is 0 Å². The average Bonchev–Trinajstić information content (AvgIpc) is 3.19. The van der Waals surface area contributed by atoms with Crippen molar-refractivity contribution >= 4 is 12.0 Å². The number of amides is 2. The highest BCUT2D eigenvalue weighted by Gasteiger charge is 2.36. The Bertz CT molecular complexity index is 328. The Hall–Kier alpha value is -1.26. The first-order valence-electron chi connectivity index (χ1n) is 6.89. The van der Waals surface area contributed by atoms with Crippen molar-refractivity contribution in [3.05, 3.63) is 0 Å². The number of carbonyl (C=O) groups excluding carboxylic acids is 1. The molecule has 2 amide bonds. The van der Waals surface area contributed by atoms with Gasteiger partial charge in [0, 0.05) is 13.1 Å². The van der Waals surface area contributed by atoms with Crippen molar-refractivity contribution in [3.63, 3.8) is 0 Å². The van der Waals surface area contributed by atoms with Crippen LogP contribution in [-0.4, -0.2) is 41.1 Å². The third kappa shape index (κ3) is 3.15. The van der Waals surface area contributed by atoms with Gasteiger partial charge in [-0.05, 0) is 37.5 Å². The van der Waals surface area contributed by atoms with Crippen molar-refractivity contribution in [3.8, 4) is 0 Å². The van der Waals surface area contributed by atoms with Crippen LogP contribution in [0.15, 0.2) is 0 Å². The molecular formula is C13H22N2O3. The molecule has 5 heteroatoms. The van der Waals surface area contributed by atoms with E-state index in [2.05, 4.69) is 12.2 Å². The highest BCUT2D eigenvalue weighted by atomic mass is 16.4. The van der Waals surface area contributed by atoms with Gasteiger partial charge in [-0.2, -0.15) is 0 Å². The molecular weight excluding hydrogens is 232 g/mol. The van der Waals surface area contributed by atoms with Gasteiger partial charge in [0.05, 0.1) is 0 Å². The summed E-state index contributed by atoms with van der Waals surface area (Å²) in [7, 11) is 0. The summed E-state index contributed by atoms with van der Waals surface area (Å²) < 4.78 is 0. The molecule has 0 spiro atoms. The number of hydrogen-bond acceptors (Lipinski definition) is 2. The zero-order valence-electron chi connectivity index (χ0n) is 10.9. The van der Waals surface area contributed by atoms with E-state index in [4.69, 9.17) is 0 Å². The molecule has 0 aromatic rings. The standard InChI is InChI=1S/C13H22N2O3/c1-2-9-5-6-15(11(7-9)12(16)17)13(18)14-8-10-3-4-10/h9-11H,2-8H2,1H3,(H,14,18)(H,16,17). The highest BCUT2D eigenvalue weighted by Crippen LogP contribution is 2.28. The smallest absolute Gasteiger partial charge is 0.326 e. The molecule has 0 aromatic heterocycles. The minimum atomic E-state index is -0.880. The zero-order valence-corrected chi connectivity index (χ0v) is 10.9. The highest BCUT2D eigenvalue weighted by molar-refractivity contribution is 5.82. The number of nitrogens with zero attached hydrogens (tertiary/aromatic N) is 1. The first kappa shape index (κ1) is 13.2. The van der Waals surface area contributed by atoms with Crippen LogP contribution in [0.4, 0.5) is 4.79 Å². The molecule has 2 atom stereocenters. The van der Waals surface area contributed by atoms with Crippen molar-refractivity contribution in [1.82, 2.24) is 10.2 Å². The van der Waals surface area contributed by atoms with E-state index < -0.39 is 12.0 Å². The number of carboxylic acid groups (broad SMARTS) is 1. The summed E-state index contributed by atoms with van der Waals surface area (Å²) in [6, 6.07) is -0.855. The molecule has 1 saturated carbocycles. The summed E-state index contributed by atoms with van der Waals surface area (Å²) in [4.78, 5) is 24.7. The fraction of sp³-hybridized carbons (Fsp3) is 0.846. The molecule has 2 rings (SSSR count). The molecule has 1 saturated heterocycles. The summed E-state index contributed by atoms with van der Waals surface area (Å²) >= 11 is 0. The predicted octanol–water partition coefficient (Wildman–Crippen LogP) is 1.68. The second-order valence-corrected chi connectivity index (χ2v) is 5.48. The van der Waals surface area contributed by atoms with Crippen LogP contribution in [0.5, 0.6) is 0 Å². The third-order valence-electron chi connectivity index (χ3n) is 4.07. The number of urea groups is 1. The maximum Gasteiger partial charge on any atom is 0.326 e. The second kappa shape index (κ2) is 5.59. The van der Waals surface area contributed by atoms with Crippen LogP contribution in [0.25, 0.3) is 0 Å². The maximum atomic E-state index is 12.0. The monoisotopic (exact) mass is 254 g/mol. The Morgan fingerprint density at radius 3 is 2.56 bits per heavy atom. The summed E-state index contributed by atoms with van der Waals surface area (Å²) in [5.74, 6) is 0.165. The van der Waals surface area contributed by atoms with E-state index in [1.807, 2.05) is 0 Å². The van der Waals surface area contributed by atoms with Gasteiger partial charge < -0.3 is 15.3 Å². The fourth-order valence-corrected chi connectivity index (χ4v) is 2.54. The Balaban J connectivity index is 1.91. The number of hydrogen-bond donors (Lipinski definition) is 2. The fourth-order valence-electron chi connectivity index (χ4n) is 2.54. The lowest BCUT2D eigenvalue weighted by molar-refractivity contribution is -0.144. The van der Waals surface area contributed by atoms with Crippen LogP contribution in [-0.2, 0) is 4.79 Å². The van der Waals surface area contributed by atoms with Crippen molar-refractivity contribution in [1.29, 1.82) is 0 Å². The first-order valence-corrected chi connectivity index (χ1v) is 6.89. The molecule has 2 N–H and O–H groups in total. The van der Waals surface area contributed by atoms with Crippen LogP contribution in [0.2, 0.25) is 0 Å². The van der Waals surface area contributed by atoms with Gasteiger partial charge in [-0.3, -0.25) is 0 Å². The Labute approximate surface area is 108 Å². The molecule has 1 aliphatic carbocycles. The summed E-state index contributed by atoms with van der Waals surface area (Å²) in [6.45, 7) is 3.33. The molecule has 102 valence electrons. The SMILES string of the molecule is CCC1CCN(C(=O)NCC2CC2)C(C(=O)O)C1. The van der Waals surface area contributed by atoms with Crippen molar-refractivity contribution in [2.24, 2.45) is 11.8 Å². The Kier molecular flexibility index (Phi) is 4.09. The van der Waals surface area contributed by atoms with Gasteiger partial charge in [0.1, 0.15) is 6.04 Å². The summed E-state index contributed by atoms with van der Waals surface area (Å²) in [5.41, 5.74) is 0. The van der Waals surface area contributed by atoms with Gasteiger partial charge in [-0.15, -0.1) is 0 Å². The van der Waals surface area contributed by atoms with Gasteiger partial charge >= 0.3 is 12.0 Å². The van der Waals surface area contributed by atoms with Gasteiger partial charge in [0.2, 0.25) is 0 Å². The lowest BCUT2D eigenvalue weighted by atomic mass is 9.89. The van der Waals surface area contributed by atoms with E-state index in [-0.39, 0.29) is 6.03 Å². The molecule has 2 fully saturated rings. The van der Waals surface area contributed by atoms with Gasteiger partial charge in [0.25, 0.3) is 0 Å². The molecule has 0 radical (unpaired) electrons. The summed E-state index contributed by atoms with van der Waals surface area (Å²) in [6.07, 6.45) is 4.85. The largest absolute Gasteiger partial charge is 0.480 e. The van der Waals surface area contributed by atoms with E-state index in [0.717, 1.165) is 12.8 Å². The van der Waals surface area contributed by atoms with E-state index in [9.17, 15) is 14.7 Å². The normalized spacial score (nSPS) is 27.9. The Morgan fingerprint density at radius 1 is 1.28 bits per heavy atom. The second-order valence-electron chi connectivity index (χ2n) is 5.48. The molecule has 5 nitrogen and oxygen atoms in total. The molecule has 1 aliphatic heterocycles. The number of piperidine rings is 1. The number of rotatable bonds is 4. The lowest BCUT2D eigenvalue weighted by Crippen LogP contribution is -2.53. The number of aliphatic carboxylic acids is 1. The molecule has 2 unspecified atom stereocenters. The van der Waals surface area contributed by atoms with E-state index >= 15 is 0 Å². The average molecular weight is 254 g/mol. The van der Waals surface area contributed by atoms with E-state index in [1.54, 1.807) is 0 Å². The van der Waals surface area contributed by atoms with Gasteiger partial charge in [-0.1, -0.05) is 13.3 Å². The minimum Gasteiger partial charge on any atom is -0.480 e. The number of likely N-dealkylation sites (tertiary alicyclic amines) is 1. The van der Waals surface area contributed by atoms with Crippen molar-refractivity contribution < 1.29 is 14.7 Å². The van der Waals surface area contributed by atoms with Crippen LogP contribution in [0, 0.1) is 11.8 Å². The lowest BCUT2D eigenvalue weighted by Gasteiger charge is -2.36. The Morgan fingerprint density at radius 2 is 2.00 bits per heavy atom. The first-order chi connectivity index (χ1) is 8.61. The number of carbonyl (C=O) groups is 2. The molecule has 0 bridgehead atoms.